The molecule has 0 atom stereocenters. The standard InChI is InChI=1S/2C4H10NO2.2C4H9NO2.2C2H3N.4CNS.2Cr.2Zn/c4*6-3-1-5-2-4-7;2*1-2-3;4*2-1-3;;;;/h2*5-6H,1-4H2;2*5H,1-4H2;2*1H3;;;;;;;;/q2*-1;2*-2;;;4*-1;2*+5;2*+2. The second kappa shape index (κ2) is 167. The van der Waals surface area contributed by atoms with E-state index in [1.807, 2.05) is 0 Å². The van der Waals surface area contributed by atoms with Crippen LogP contribution in [0.4, 0.5) is 0 Å². The summed E-state index contributed by atoms with van der Waals surface area (Å²) in [6.07, 6.45) is 0. The van der Waals surface area contributed by atoms with E-state index in [1.165, 1.54) is 34.5 Å². The first kappa shape index (κ1) is 92.6. The molecule has 2 radical (unpaired) electrons. The summed E-state index contributed by atoms with van der Waals surface area (Å²) in [5.74, 6) is 0. The van der Waals surface area contributed by atoms with E-state index < -0.39 is 0 Å². The number of aliphatic hydroxyl groups excluding tert-OH is 2. The van der Waals surface area contributed by atoms with Gasteiger partial charge in [-0.1, -0.05) is 48.9 Å². The minimum atomic E-state index is -0.139. The average Bonchev–Trinajstić information content (AvgIpc) is 3.02. The van der Waals surface area contributed by atoms with E-state index in [9.17, 15) is 30.6 Å². The Morgan fingerprint density at radius 3 is 0.640 bits per heavy atom. The molecule has 0 aromatic carbocycles. The number of thiocarbonyl (C=S) groups is 4. The molecule has 18 nitrogen and oxygen atoms in total. The van der Waals surface area contributed by atoms with Crippen LogP contribution in [0.3, 0.4) is 0 Å². The maximum absolute atomic E-state index is 9.66. The van der Waals surface area contributed by atoms with Crippen molar-refractivity contribution in [1.82, 2.24) is 21.3 Å². The summed E-state index contributed by atoms with van der Waals surface area (Å²) in [4.78, 5) is 0. The first-order valence-electron chi connectivity index (χ1n) is 12.4. The van der Waals surface area contributed by atoms with E-state index in [2.05, 4.69) is 70.1 Å². The molecule has 26 heteroatoms. The van der Waals surface area contributed by atoms with E-state index in [0.717, 1.165) is 0 Å². The zero-order valence-electron chi connectivity index (χ0n) is 28.2. The monoisotopic (exact) mass is 960 g/mol. The molecular weight excluding hydrogens is 919 g/mol. The Kier molecular flexibility index (Phi) is 309. The fourth-order valence-electron chi connectivity index (χ4n) is 1.09. The summed E-state index contributed by atoms with van der Waals surface area (Å²) in [5, 5.41) is 133. The minimum Gasteiger partial charge on any atom is -0.854 e. The van der Waals surface area contributed by atoms with E-state index in [-0.39, 0.29) is 127 Å². The van der Waals surface area contributed by atoms with Gasteiger partial charge < -0.3 is 83.8 Å². The molecule has 0 bridgehead atoms. The third kappa shape index (κ3) is 414. The molecule has 0 saturated heterocycles. The molecule has 0 aromatic heterocycles. The van der Waals surface area contributed by atoms with Crippen molar-refractivity contribution in [3.05, 3.63) is 21.6 Å². The van der Waals surface area contributed by atoms with Crippen molar-refractivity contribution in [2.24, 2.45) is 0 Å². The molecule has 0 fully saturated rings. The molecule has 274 valence electrons. The minimum absolute atomic E-state index is 0. The summed E-state index contributed by atoms with van der Waals surface area (Å²) in [7, 11) is 0. The van der Waals surface area contributed by atoms with Gasteiger partial charge in [-0.15, -0.1) is 39.6 Å². The molecule has 0 aliphatic rings. The van der Waals surface area contributed by atoms with Gasteiger partial charge in [-0.3, -0.25) is 0 Å². The van der Waals surface area contributed by atoms with Crippen molar-refractivity contribution in [3.63, 3.8) is 0 Å². The van der Waals surface area contributed by atoms with E-state index >= 15 is 0 Å². The third-order valence-corrected chi connectivity index (χ3v) is 2.25. The Bertz CT molecular complexity index is 578. The normalized spacial score (nSPS) is 6.24. The average molecular weight is 964 g/mol. The van der Waals surface area contributed by atoms with Gasteiger partial charge in [-0.05, 0) is 39.3 Å². The first-order valence-corrected chi connectivity index (χ1v) is 14.0. The second-order valence-corrected chi connectivity index (χ2v) is 6.21. The van der Waals surface area contributed by atoms with Crippen molar-refractivity contribution in [2.45, 2.75) is 13.8 Å². The Morgan fingerprint density at radius 1 is 0.460 bits per heavy atom. The number of nitrogens with zero attached hydrogens (tertiary/aromatic N) is 6. The van der Waals surface area contributed by atoms with Crippen LogP contribution in [-0.2, 0) is 73.7 Å². The SMILES string of the molecule is CC#N.CC#N.[Cr+5].[Cr+5].[N-]=C=S.[N-]=C=S.[N-]=C=S.[N-]=C=S.[O-]CCNCCO.[O-]CCNCCO.[O-]CCNCC[O-].[O-]CCNCC[O-].[Zn+2].[Zn+2]. The number of isothiocyanates is 4. The van der Waals surface area contributed by atoms with Crippen LogP contribution in [0.2, 0.25) is 0 Å². The van der Waals surface area contributed by atoms with Gasteiger partial charge in [0.15, 0.2) is 0 Å². The van der Waals surface area contributed by atoms with E-state index in [1.54, 1.807) is 12.1 Å². The molecular formula is C24H44Cr2N10O8S4Zn2+4. The van der Waals surface area contributed by atoms with Crippen LogP contribution < -0.4 is 51.9 Å². The number of hydrogen-bond acceptors (Lipinski definition) is 18. The molecule has 6 N–H and O–H groups in total. The summed E-state index contributed by atoms with van der Waals surface area (Å²) in [6, 6.07) is 3.50. The van der Waals surface area contributed by atoms with Crippen molar-refractivity contribution < 1.29 is 115 Å². The van der Waals surface area contributed by atoms with E-state index in [4.69, 9.17) is 42.4 Å². The van der Waals surface area contributed by atoms with Crippen molar-refractivity contribution >= 4 is 69.5 Å². The summed E-state index contributed by atoms with van der Waals surface area (Å²) in [6.45, 7) is 5.96. The molecule has 50 heavy (non-hydrogen) atoms. The topological polar surface area (TPSA) is 364 Å². The van der Waals surface area contributed by atoms with Gasteiger partial charge in [0.2, 0.25) is 0 Å². The van der Waals surface area contributed by atoms with Gasteiger partial charge in [0.1, 0.15) is 0 Å². The van der Waals surface area contributed by atoms with Crippen LogP contribution in [0.25, 0.3) is 21.6 Å². The largest absolute Gasteiger partial charge is 5.00 e. The Balaban J connectivity index is -0.0000000244. The molecule has 0 spiro atoms. The molecule has 0 rings (SSSR count). The molecule has 0 amide bonds. The Labute approximate surface area is 365 Å². The predicted molar refractivity (Wildman–Crippen MR) is 181 cm³/mol. The number of hydrogen-bond donors (Lipinski definition) is 6. The van der Waals surface area contributed by atoms with Gasteiger partial charge in [0, 0.05) is 26.9 Å². The maximum Gasteiger partial charge on any atom is 5.00 e. The number of aliphatic hydroxyl groups is 2. The summed E-state index contributed by atoms with van der Waals surface area (Å²) >= 11 is 14.8. The quantitative estimate of drug-likeness (QED) is 0.0363. The summed E-state index contributed by atoms with van der Waals surface area (Å²) in [5.41, 5.74) is 0. The van der Waals surface area contributed by atoms with Crippen LogP contribution >= 0.6 is 48.9 Å². The van der Waals surface area contributed by atoms with Gasteiger partial charge in [-0.2, -0.15) is 31.2 Å². The number of nitriles is 2. The second-order valence-electron chi connectivity index (χ2n) is 5.48. The van der Waals surface area contributed by atoms with Crippen LogP contribution in [0.1, 0.15) is 13.8 Å². The molecule has 0 saturated carbocycles. The van der Waals surface area contributed by atoms with E-state index in [0.29, 0.717) is 52.4 Å². The molecule has 0 aromatic rings. The zero-order valence-corrected chi connectivity index (χ0v) is 40.0. The first-order chi connectivity index (χ1) is 22.1. The fourth-order valence-corrected chi connectivity index (χ4v) is 1.09. The summed E-state index contributed by atoms with van der Waals surface area (Å²) < 4.78 is 0. The van der Waals surface area contributed by atoms with Crippen molar-refractivity contribution in [2.75, 3.05) is 105 Å². The van der Waals surface area contributed by atoms with Gasteiger partial charge in [0.25, 0.3) is 0 Å². The smallest absolute Gasteiger partial charge is 0.854 e. The number of nitrogens with one attached hydrogen (secondary N) is 4. The molecule has 0 aliphatic heterocycles. The van der Waals surface area contributed by atoms with Gasteiger partial charge >= 0.3 is 73.7 Å². The van der Waals surface area contributed by atoms with Crippen LogP contribution in [0, 0.1) is 22.7 Å². The fraction of sp³-hybridized carbons (Fsp3) is 0.750. The van der Waals surface area contributed by atoms with Crippen molar-refractivity contribution in [3.8, 4) is 12.1 Å². The van der Waals surface area contributed by atoms with Gasteiger partial charge in [-0.25, -0.2) is 0 Å². The van der Waals surface area contributed by atoms with Crippen LogP contribution in [-0.4, -0.2) is 136 Å². The van der Waals surface area contributed by atoms with Gasteiger partial charge in [0.05, 0.1) is 25.4 Å². The van der Waals surface area contributed by atoms with Crippen molar-refractivity contribution in [1.29, 1.82) is 10.5 Å². The molecule has 0 aliphatic carbocycles. The maximum atomic E-state index is 9.66. The zero-order chi connectivity index (χ0) is 38.4. The Hall–Kier alpha value is 0.0117. The van der Waals surface area contributed by atoms with Crippen LogP contribution in [0.15, 0.2) is 0 Å². The number of rotatable bonds is 16. The third-order valence-electron chi connectivity index (χ3n) is 2.25. The molecule has 0 heterocycles. The van der Waals surface area contributed by atoms with Crippen LogP contribution in [0.5, 0.6) is 0 Å². The Morgan fingerprint density at radius 2 is 0.560 bits per heavy atom. The predicted octanol–water partition coefficient (Wildman–Crippen LogP) is -5.87. The molecule has 0 unspecified atom stereocenters.